The van der Waals surface area contributed by atoms with Crippen LogP contribution in [0.15, 0.2) is 23.8 Å². The topological polar surface area (TPSA) is 18.5 Å². The highest BCUT2D eigenvalue weighted by molar-refractivity contribution is 5.25. The van der Waals surface area contributed by atoms with Gasteiger partial charge in [0.1, 0.15) is 19.0 Å². The third-order valence-electron chi connectivity index (χ3n) is 1.92. The molecule has 2 unspecified atom stereocenters. The molecule has 0 amide bonds. The largest absolute Gasteiger partial charge is 0.345 e. The average molecular weight is 138 g/mol. The van der Waals surface area contributed by atoms with Crippen LogP contribution >= 0.6 is 0 Å². The van der Waals surface area contributed by atoms with Crippen LogP contribution in [0.2, 0.25) is 0 Å². The summed E-state index contributed by atoms with van der Waals surface area (Å²) in [4.78, 5) is 0. The maximum atomic E-state index is 5.33. The van der Waals surface area contributed by atoms with Crippen LogP contribution < -0.4 is 0 Å². The summed E-state index contributed by atoms with van der Waals surface area (Å²) >= 11 is 0. The van der Waals surface area contributed by atoms with Gasteiger partial charge < -0.3 is 9.47 Å². The fourth-order valence-corrected chi connectivity index (χ4v) is 1.33. The Balaban J connectivity index is 2.24. The third-order valence-corrected chi connectivity index (χ3v) is 1.92. The molecule has 0 radical (unpaired) electrons. The normalized spacial score (nSPS) is 37.5. The van der Waals surface area contributed by atoms with E-state index in [9.17, 15) is 0 Å². The first-order valence-electron chi connectivity index (χ1n) is 3.46. The predicted octanol–water partition coefficient (Wildman–Crippen LogP) is 1.24. The van der Waals surface area contributed by atoms with Gasteiger partial charge in [0, 0.05) is 0 Å². The molecule has 0 bridgehead atoms. The van der Waals surface area contributed by atoms with Gasteiger partial charge in [0.05, 0.1) is 0 Å². The summed E-state index contributed by atoms with van der Waals surface area (Å²) in [5.41, 5.74) is 1.25. The van der Waals surface area contributed by atoms with Gasteiger partial charge in [-0.05, 0) is 12.5 Å². The maximum absolute atomic E-state index is 5.33. The first kappa shape index (κ1) is 6.13. The van der Waals surface area contributed by atoms with E-state index in [1.54, 1.807) is 0 Å². The minimum atomic E-state index is 0.171. The van der Waals surface area contributed by atoms with Crippen molar-refractivity contribution >= 4 is 0 Å². The molecule has 54 valence electrons. The Kier molecular flexibility index (Phi) is 1.36. The van der Waals surface area contributed by atoms with Gasteiger partial charge in [-0.1, -0.05) is 18.2 Å². The highest BCUT2D eigenvalue weighted by Gasteiger charge is 2.29. The van der Waals surface area contributed by atoms with Crippen LogP contribution in [0, 0.1) is 0 Å². The van der Waals surface area contributed by atoms with Crippen molar-refractivity contribution in [3.8, 4) is 0 Å². The second-order valence-electron chi connectivity index (χ2n) is 2.63. The molecule has 0 aromatic heterocycles. The van der Waals surface area contributed by atoms with Crippen molar-refractivity contribution in [1.29, 1.82) is 0 Å². The lowest BCUT2D eigenvalue weighted by atomic mass is 10.0. The Labute approximate surface area is 60.1 Å². The second-order valence-corrected chi connectivity index (χ2v) is 2.63. The lowest BCUT2D eigenvalue weighted by Crippen LogP contribution is -2.23. The highest BCUT2D eigenvalue weighted by atomic mass is 16.7. The summed E-state index contributed by atoms with van der Waals surface area (Å²) in [6.45, 7) is 2.50. The number of fused-ring (bicyclic) bond motifs is 1. The van der Waals surface area contributed by atoms with Gasteiger partial charge in [-0.15, -0.1) is 0 Å². The Morgan fingerprint density at radius 1 is 1.50 bits per heavy atom. The van der Waals surface area contributed by atoms with Crippen LogP contribution in [0.25, 0.3) is 0 Å². The molecule has 0 saturated carbocycles. The van der Waals surface area contributed by atoms with Crippen LogP contribution in [0.1, 0.15) is 6.92 Å². The predicted molar refractivity (Wildman–Crippen MR) is 37.5 cm³/mol. The molecule has 1 heterocycles. The zero-order valence-electron chi connectivity index (χ0n) is 5.91. The molecule has 2 nitrogen and oxygen atoms in total. The van der Waals surface area contributed by atoms with Crippen molar-refractivity contribution in [1.82, 2.24) is 0 Å². The number of rotatable bonds is 0. The van der Waals surface area contributed by atoms with Gasteiger partial charge in [-0.2, -0.15) is 0 Å². The van der Waals surface area contributed by atoms with Crippen molar-refractivity contribution in [2.24, 2.45) is 0 Å². The molecule has 2 atom stereocenters. The highest BCUT2D eigenvalue weighted by Crippen LogP contribution is 2.23. The molecule has 1 saturated heterocycles. The lowest BCUT2D eigenvalue weighted by Gasteiger charge is -2.16. The Morgan fingerprint density at radius 2 is 2.40 bits per heavy atom. The summed E-state index contributed by atoms with van der Waals surface area (Å²) in [5.74, 6) is 0. The minimum absolute atomic E-state index is 0.171. The molecule has 10 heavy (non-hydrogen) atoms. The monoisotopic (exact) mass is 138 g/mol. The molecule has 2 rings (SSSR count). The van der Waals surface area contributed by atoms with E-state index in [0.29, 0.717) is 6.79 Å². The van der Waals surface area contributed by atoms with E-state index in [0.717, 1.165) is 0 Å². The number of hydrogen-bond acceptors (Lipinski definition) is 2. The smallest absolute Gasteiger partial charge is 0.148 e. The van der Waals surface area contributed by atoms with Gasteiger partial charge in [-0.3, -0.25) is 0 Å². The SMILES string of the molecule is CC1=CC=CC2OCOC12. The van der Waals surface area contributed by atoms with E-state index >= 15 is 0 Å². The molecule has 0 aromatic rings. The van der Waals surface area contributed by atoms with Crippen molar-refractivity contribution in [3.05, 3.63) is 23.8 Å². The van der Waals surface area contributed by atoms with Gasteiger partial charge in [0.15, 0.2) is 0 Å². The molecule has 1 fully saturated rings. The maximum Gasteiger partial charge on any atom is 0.148 e. The van der Waals surface area contributed by atoms with Crippen LogP contribution in [0.5, 0.6) is 0 Å². The summed E-state index contributed by atoms with van der Waals surface area (Å²) < 4.78 is 10.6. The molecular formula is C8H10O2. The molecular weight excluding hydrogens is 128 g/mol. The summed E-state index contributed by atoms with van der Waals surface area (Å²) in [6, 6.07) is 0. The number of allylic oxidation sites excluding steroid dienone is 2. The van der Waals surface area contributed by atoms with E-state index in [4.69, 9.17) is 9.47 Å². The quantitative estimate of drug-likeness (QED) is 0.501. The lowest BCUT2D eigenvalue weighted by molar-refractivity contribution is 0.0489. The van der Waals surface area contributed by atoms with Crippen molar-refractivity contribution in [2.45, 2.75) is 19.1 Å². The van der Waals surface area contributed by atoms with E-state index in [1.165, 1.54) is 5.57 Å². The zero-order valence-corrected chi connectivity index (χ0v) is 5.91. The van der Waals surface area contributed by atoms with Crippen LogP contribution in [0.4, 0.5) is 0 Å². The number of ether oxygens (including phenoxy) is 2. The van der Waals surface area contributed by atoms with Crippen LogP contribution in [-0.4, -0.2) is 19.0 Å². The molecule has 2 heteroatoms. The van der Waals surface area contributed by atoms with E-state index in [1.807, 2.05) is 12.2 Å². The first-order valence-corrected chi connectivity index (χ1v) is 3.46. The average Bonchev–Trinajstić information content (AvgIpc) is 2.36. The van der Waals surface area contributed by atoms with E-state index in [2.05, 4.69) is 13.0 Å². The Morgan fingerprint density at radius 3 is 3.20 bits per heavy atom. The number of hydrogen-bond donors (Lipinski definition) is 0. The molecule has 1 aliphatic heterocycles. The molecule has 0 aromatic carbocycles. The van der Waals surface area contributed by atoms with Gasteiger partial charge >= 0.3 is 0 Å². The molecule has 1 aliphatic carbocycles. The van der Waals surface area contributed by atoms with Crippen LogP contribution in [-0.2, 0) is 9.47 Å². The fraction of sp³-hybridized carbons (Fsp3) is 0.500. The summed E-state index contributed by atoms with van der Waals surface area (Å²) in [6.07, 6.45) is 6.47. The summed E-state index contributed by atoms with van der Waals surface area (Å²) in [5, 5.41) is 0. The Hall–Kier alpha value is -0.600. The fourth-order valence-electron chi connectivity index (χ4n) is 1.33. The first-order chi connectivity index (χ1) is 4.88. The molecule has 0 spiro atoms. The van der Waals surface area contributed by atoms with Gasteiger partial charge in [-0.25, -0.2) is 0 Å². The standard InChI is InChI=1S/C8H10O2/c1-6-3-2-4-7-8(6)10-5-9-7/h2-4,7-8H,5H2,1H3. The van der Waals surface area contributed by atoms with E-state index in [-0.39, 0.29) is 12.2 Å². The molecule has 2 aliphatic rings. The van der Waals surface area contributed by atoms with Crippen LogP contribution in [0.3, 0.4) is 0 Å². The zero-order chi connectivity index (χ0) is 6.97. The van der Waals surface area contributed by atoms with Gasteiger partial charge in [0.2, 0.25) is 0 Å². The third kappa shape index (κ3) is 0.805. The summed E-state index contributed by atoms with van der Waals surface area (Å²) in [7, 11) is 0. The molecule has 0 N–H and O–H groups in total. The van der Waals surface area contributed by atoms with E-state index < -0.39 is 0 Å². The van der Waals surface area contributed by atoms with Crippen molar-refractivity contribution in [2.75, 3.05) is 6.79 Å². The van der Waals surface area contributed by atoms with Gasteiger partial charge in [0.25, 0.3) is 0 Å². The van der Waals surface area contributed by atoms with Crippen molar-refractivity contribution < 1.29 is 9.47 Å². The Bertz CT molecular complexity index is 193. The minimum Gasteiger partial charge on any atom is -0.345 e. The van der Waals surface area contributed by atoms with Crippen molar-refractivity contribution in [3.63, 3.8) is 0 Å². The second kappa shape index (κ2) is 2.22.